The number of hydrogen-bond donors (Lipinski definition) is 1. The molecule has 2 rings (SSSR count). The van der Waals surface area contributed by atoms with Gasteiger partial charge in [0.15, 0.2) is 5.82 Å². The molecule has 6 nitrogen and oxygen atoms in total. The summed E-state index contributed by atoms with van der Waals surface area (Å²) in [4.78, 5) is 19.8. The van der Waals surface area contributed by atoms with E-state index in [1.54, 1.807) is 30.2 Å². The van der Waals surface area contributed by atoms with Gasteiger partial charge in [0.2, 0.25) is 0 Å². The molecule has 0 saturated heterocycles. The van der Waals surface area contributed by atoms with E-state index in [4.69, 9.17) is 0 Å². The largest absolute Gasteiger partial charge is 0.342 e. The smallest absolute Gasteiger partial charge is 0.287 e. The highest BCUT2D eigenvalue weighted by molar-refractivity contribution is 5.90. The molecule has 0 aliphatic carbocycles. The van der Waals surface area contributed by atoms with E-state index in [0.29, 0.717) is 12.4 Å². The summed E-state index contributed by atoms with van der Waals surface area (Å²) in [6.45, 7) is 0.398. The minimum absolute atomic E-state index is 0.199. The Bertz CT molecular complexity index is 499. The Kier molecular flexibility index (Phi) is 2.72. The van der Waals surface area contributed by atoms with E-state index in [1.807, 2.05) is 17.8 Å². The second-order valence-electron chi connectivity index (χ2n) is 3.50. The highest BCUT2D eigenvalue weighted by Gasteiger charge is 2.10. The van der Waals surface area contributed by atoms with Crippen molar-refractivity contribution in [3.8, 4) is 0 Å². The van der Waals surface area contributed by atoms with Crippen LogP contribution in [0.3, 0.4) is 0 Å². The number of aryl methyl sites for hydroxylation is 2. The van der Waals surface area contributed by atoms with E-state index >= 15 is 0 Å². The topological polar surface area (TPSA) is 64.7 Å². The highest BCUT2D eigenvalue weighted by Crippen LogP contribution is 1.96. The molecular weight excluding hydrogens is 206 g/mol. The molecule has 0 aliphatic rings. The number of aromatic nitrogens is 4. The molecule has 2 aromatic rings. The second kappa shape index (κ2) is 4.18. The Labute approximate surface area is 92.9 Å². The van der Waals surface area contributed by atoms with E-state index in [0.717, 1.165) is 5.82 Å². The van der Waals surface area contributed by atoms with Crippen LogP contribution in [0, 0.1) is 0 Å². The van der Waals surface area contributed by atoms with Crippen LogP contribution in [0.2, 0.25) is 0 Å². The third-order valence-corrected chi connectivity index (χ3v) is 2.35. The lowest BCUT2D eigenvalue weighted by Crippen LogP contribution is -2.26. The standard InChI is InChI=1S/C10H13N5O/c1-14-5-3-11-8(14)7-13-10(16)9-12-4-6-15(9)2/h3-6H,7H2,1-2H3,(H,13,16). The number of carbonyl (C=O) groups is 1. The van der Waals surface area contributed by atoms with Crippen LogP contribution in [0.5, 0.6) is 0 Å². The molecule has 2 heterocycles. The summed E-state index contributed by atoms with van der Waals surface area (Å²) in [5.74, 6) is 1.01. The number of nitrogens with zero attached hydrogens (tertiary/aromatic N) is 4. The van der Waals surface area contributed by atoms with E-state index in [-0.39, 0.29) is 5.91 Å². The fraction of sp³-hybridized carbons (Fsp3) is 0.300. The van der Waals surface area contributed by atoms with Crippen molar-refractivity contribution in [3.63, 3.8) is 0 Å². The summed E-state index contributed by atoms with van der Waals surface area (Å²) in [5.41, 5.74) is 0. The molecule has 0 aliphatic heterocycles. The van der Waals surface area contributed by atoms with E-state index in [2.05, 4.69) is 15.3 Å². The van der Waals surface area contributed by atoms with Crippen molar-refractivity contribution in [2.45, 2.75) is 6.54 Å². The number of imidazole rings is 2. The van der Waals surface area contributed by atoms with Gasteiger partial charge in [0.25, 0.3) is 5.91 Å². The maximum Gasteiger partial charge on any atom is 0.287 e. The first-order valence-electron chi connectivity index (χ1n) is 4.90. The van der Waals surface area contributed by atoms with Crippen LogP contribution >= 0.6 is 0 Å². The van der Waals surface area contributed by atoms with Gasteiger partial charge < -0.3 is 14.5 Å². The number of amides is 1. The second-order valence-corrected chi connectivity index (χ2v) is 3.50. The maximum absolute atomic E-state index is 11.7. The zero-order valence-corrected chi connectivity index (χ0v) is 9.21. The molecule has 0 spiro atoms. The number of carbonyl (C=O) groups excluding carboxylic acids is 1. The van der Waals surface area contributed by atoms with Gasteiger partial charge in [-0.25, -0.2) is 9.97 Å². The molecule has 0 atom stereocenters. The molecule has 0 bridgehead atoms. The number of hydrogen-bond acceptors (Lipinski definition) is 3. The van der Waals surface area contributed by atoms with Crippen molar-refractivity contribution >= 4 is 5.91 Å². The van der Waals surface area contributed by atoms with Crippen LogP contribution < -0.4 is 5.32 Å². The number of rotatable bonds is 3. The molecular formula is C10H13N5O. The Balaban J connectivity index is 1.99. The van der Waals surface area contributed by atoms with Crippen LogP contribution in [0.4, 0.5) is 0 Å². The first kappa shape index (κ1) is 10.4. The lowest BCUT2D eigenvalue weighted by atomic mass is 10.5. The molecule has 1 amide bonds. The monoisotopic (exact) mass is 219 g/mol. The Morgan fingerprint density at radius 2 is 1.94 bits per heavy atom. The van der Waals surface area contributed by atoms with Crippen molar-refractivity contribution in [2.75, 3.05) is 0 Å². The van der Waals surface area contributed by atoms with Crippen LogP contribution in [-0.2, 0) is 20.6 Å². The lowest BCUT2D eigenvalue weighted by molar-refractivity contribution is 0.0936. The Morgan fingerprint density at radius 1 is 1.25 bits per heavy atom. The summed E-state index contributed by atoms with van der Waals surface area (Å²) in [5, 5.41) is 2.76. The van der Waals surface area contributed by atoms with Gasteiger partial charge in [-0.05, 0) is 0 Å². The molecule has 0 aromatic carbocycles. The third kappa shape index (κ3) is 1.95. The third-order valence-electron chi connectivity index (χ3n) is 2.35. The van der Waals surface area contributed by atoms with Gasteiger partial charge in [-0.15, -0.1) is 0 Å². The van der Waals surface area contributed by atoms with Crippen LogP contribution in [0.15, 0.2) is 24.8 Å². The molecule has 16 heavy (non-hydrogen) atoms. The van der Waals surface area contributed by atoms with E-state index < -0.39 is 0 Å². The highest BCUT2D eigenvalue weighted by atomic mass is 16.2. The molecule has 0 fully saturated rings. The summed E-state index contributed by atoms with van der Waals surface area (Å²) in [6, 6.07) is 0. The molecule has 0 radical (unpaired) electrons. The Hall–Kier alpha value is -2.11. The molecule has 6 heteroatoms. The van der Waals surface area contributed by atoms with Crippen molar-refractivity contribution in [1.82, 2.24) is 24.4 Å². The van der Waals surface area contributed by atoms with Crippen molar-refractivity contribution in [1.29, 1.82) is 0 Å². The molecule has 1 N–H and O–H groups in total. The fourth-order valence-corrected chi connectivity index (χ4v) is 1.39. The summed E-state index contributed by atoms with van der Waals surface area (Å²) in [6.07, 6.45) is 6.86. The number of nitrogens with one attached hydrogen (secondary N) is 1. The van der Waals surface area contributed by atoms with Crippen molar-refractivity contribution in [3.05, 3.63) is 36.4 Å². The predicted molar refractivity (Wildman–Crippen MR) is 57.6 cm³/mol. The minimum Gasteiger partial charge on any atom is -0.342 e. The Morgan fingerprint density at radius 3 is 2.50 bits per heavy atom. The minimum atomic E-state index is -0.199. The van der Waals surface area contributed by atoms with Crippen molar-refractivity contribution in [2.24, 2.45) is 14.1 Å². The molecule has 0 saturated carbocycles. The van der Waals surface area contributed by atoms with Gasteiger partial charge >= 0.3 is 0 Å². The first-order valence-corrected chi connectivity index (χ1v) is 4.90. The van der Waals surface area contributed by atoms with Crippen LogP contribution in [0.25, 0.3) is 0 Å². The SMILES string of the molecule is Cn1ccnc1CNC(=O)c1nccn1C. The molecule has 0 unspecified atom stereocenters. The first-order chi connectivity index (χ1) is 7.68. The van der Waals surface area contributed by atoms with Gasteiger partial charge in [-0.3, -0.25) is 4.79 Å². The zero-order chi connectivity index (χ0) is 11.5. The normalized spacial score (nSPS) is 10.4. The summed E-state index contributed by atoms with van der Waals surface area (Å²) in [7, 11) is 3.66. The molecule has 84 valence electrons. The lowest BCUT2D eigenvalue weighted by Gasteiger charge is -2.04. The fourth-order valence-electron chi connectivity index (χ4n) is 1.39. The van der Waals surface area contributed by atoms with E-state index in [9.17, 15) is 4.79 Å². The van der Waals surface area contributed by atoms with Crippen LogP contribution in [0.1, 0.15) is 16.4 Å². The zero-order valence-electron chi connectivity index (χ0n) is 9.21. The summed E-state index contributed by atoms with van der Waals surface area (Å²) >= 11 is 0. The predicted octanol–water partition coefficient (Wildman–Crippen LogP) is 0.0836. The van der Waals surface area contributed by atoms with Gasteiger partial charge in [0.05, 0.1) is 6.54 Å². The van der Waals surface area contributed by atoms with Gasteiger partial charge in [0.1, 0.15) is 5.82 Å². The quantitative estimate of drug-likeness (QED) is 0.795. The summed E-state index contributed by atoms with van der Waals surface area (Å²) < 4.78 is 3.53. The average molecular weight is 219 g/mol. The van der Waals surface area contributed by atoms with Crippen molar-refractivity contribution < 1.29 is 4.79 Å². The van der Waals surface area contributed by atoms with E-state index in [1.165, 1.54) is 0 Å². The molecule has 2 aromatic heterocycles. The van der Waals surface area contributed by atoms with Gasteiger partial charge in [0, 0.05) is 38.9 Å². The van der Waals surface area contributed by atoms with Gasteiger partial charge in [-0.2, -0.15) is 0 Å². The van der Waals surface area contributed by atoms with Crippen LogP contribution in [-0.4, -0.2) is 25.0 Å². The average Bonchev–Trinajstić information content (AvgIpc) is 2.84. The van der Waals surface area contributed by atoms with Gasteiger partial charge in [-0.1, -0.05) is 0 Å². The maximum atomic E-state index is 11.7.